The summed E-state index contributed by atoms with van der Waals surface area (Å²) in [7, 11) is 1.97. The van der Waals surface area contributed by atoms with Gasteiger partial charge in [0, 0.05) is 49.2 Å². The van der Waals surface area contributed by atoms with E-state index >= 15 is 0 Å². The fourth-order valence-corrected chi connectivity index (χ4v) is 4.89. The van der Waals surface area contributed by atoms with Crippen molar-refractivity contribution in [2.75, 3.05) is 43.5 Å². The van der Waals surface area contributed by atoms with Gasteiger partial charge in [0.1, 0.15) is 17.3 Å². The summed E-state index contributed by atoms with van der Waals surface area (Å²) in [5.74, 6) is 2.22. The lowest BCUT2D eigenvalue weighted by Crippen LogP contribution is -2.41. The molecule has 0 spiro atoms. The van der Waals surface area contributed by atoms with E-state index in [0.717, 1.165) is 40.4 Å². The number of halogens is 1. The Kier molecular flexibility index (Phi) is 7.74. The Morgan fingerprint density at radius 3 is 2.62 bits per heavy atom. The van der Waals surface area contributed by atoms with Crippen LogP contribution in [0.2, 0.25) is 5.02 Å². The highest BCUT2D eigenvalue weighted by molar-refractivity contribution is 6.31. The van der Waals surface area contributed by atoms with Gasteiger partial charge < -0.3 is 24.7 Å². The maximum absolute atomic E-state index is 12.4. The molecular weight excluding hydrogens is 516 g/mol. The van der Waals surface area contributed by atoms with Crippen molar-refractivity contribution < 1.29 is 14.3 Å². The second kappa shape index (κ2) is 11.2. The summed E-state index contributed by atoms with van der Waals surface area (Å²) in [6, 6.07) is 15.1. The van der Waals surface area contributed by atoms with Gasteiger partial charge in [0.2, 0.25) is 11.9 Å². The van der Waals surface area contributed by atoms with E-state index in [4.69, 9.17) is 26.1 Å². The number of carbonyl (C=O) groups is 1. The van der Waals surface area contributed by atoms with E-state index in [0.29, 0.717) is 43.0 Å². The number of hydrogen-bond donors (Lipinski definition) is 2. The third-order valence-electron chi connectivity index (χ3n) is 6.59. The molecule has 10 heteroatoms. The Morgan fingerprint density at radius 1 is 1.08 bits per heavy atom. The molecule has 39 heavy (non-hydrogen) atoms. The molecule has 5 rings (SSSR count). The summed E-state index contributed by atoms with van der Waals surface area (Å²) in [6.45, 7) is 9.50. The molecule has 1 amide bonds. The molecule has 0 unspecified atom stereocenters. The predicted molar refractivity (Wildman–Crippen MR) is 154 cm³/mol. The third kappa shape index (κ3) is 6.50. The normalized spacial score (nSPS) is 14.4. The Hall–Kier alpha value is -3.66. The van der Waals surface area contributed by atoms with E-state index in [2.05, 4.69) is 47.4 Å². The summed E-state index contributed by atoms with van der Waals surface area (Å²) in [5, 5.41) is 7.02. The van der Waals surface area contributed by atoms with Crippen molar-refractivity contribution in [3.63, 3.8) is 0 Å². The van der Waals surface area contributed by atoms with Crippen LogP contribution in [0.4, 0.5) is 17.5 Å². The van der Waals surface area contributed by atoms with Gasteiger partial charge in [-0.3, -0.25) is 9.69 Å². The van der Waals surface area contributed by atoms with Crippen LogP contribution in [0.15, 0.2) is 54.7 Å². The number of pyridine rings is 1. The molecule has 0 radical (unpaired) electrons. The van der Waals surface area contributed by atoms with Gasteiger partial charge in [0.25, 0.3) is 0 Å². The minimum Gasteiger partial charge on any atom is -0.457 e. The van der Waals surface area contributed by atoms with Crippen LogP contribution in [0.1, 0.15) is 26.3 Å². The number of anilines is 3. The fourth-order valence-electron chi connectivity index (χ4n) is 4.49. The molecule has 0 atom stereocenters. The molecule has 0 bridgehead atoms. The first-order valence-electron chi connectivity index (χ1n) is 12.9. The van der Waals surface area contributed by atoms with Crippen LogP contribution in [-0.2, 0) is 22.0 Å². The Bertz CT molecular complexity index is 1490. The molecule has 1 aliphatic heterocycles. The minimum atomic E-state index is -0.119. The van der Waals surface area contributed by atoms with Gasteiger partial charge >= 0.3 is 0 Å². The third-order valence-corrected chi connectivity index (χ3v) is 6.92. The molecule has 4 aromatic rings. The van der Waals surface area contributed by atoms with Crippen molar-refractivity contribution in [3.8, 4) is 11.5 Å². The number of imidazole rings is 1. The lowest BCUT2D eigenvalue weighted by Gasteiger charge is -2.25. The quantitative estimate of drug-likeness (QED) is 0.305. The first-order valence-corrected chi connectivity index (χ1v) is 13.3. The second-order valence-electron chi connectivity index (χ2n) is 10.6. The number of carbonyl (C=O) groups excluding carboxylic acids is 1. The molecule has 2 aromatic carbocycles. The number of aryl methyl sites for hydroxylation is 1. The molecule has 1 fully saturated rings. The maximum atomic E-state index is 12.4. The second-order valence-corrected chi connectivity index (χ2v) is 11.0. The van der Waals surface area contributed by atoms with Crippen molar-refractivity contribution in [3.05, 3.63) is 65.3 Å². The van der Waals surface area contributed by atoms with Crippen LogP contribution >= 0.6 is 11.6 Å². The van der Waals surface area contributed by atoms with E-state index in [1.807, 2.05) is 41.9 Å². The van der Waals surface area contributed by atoms with Crippen molar-refractivity contribution in [2.24, 2.45) is 7.05 Å². The minimum absolute atomic E-state index is 0.0776. The molecule has 2 N–H and O–H groups in total. The molecule has 2 aromatic heterocycles. The van der Waals surface area contributed by atoms with Crippen LogP contribution in [-0.4, -0.2) is 58.2 Å². The van der Waals surface area contributed by atoms with Crippen LogP contribution in [0.3, 0.4) is 0 Å². The van der Waals surface area contributed by atoms with Crippen molar-refractivity contribution >= 4 is 46.0 Å². The highest BCUT2D eigenvalue weighted by Crippen LogP contribution is 2.33. The van der Waals surface area contributed by atoms with E-state index in [-0.39, 0.29) is 11.3 Å². The zero-order chi connectivity index (χ0) is 27.6. The van der Waals surface area contributed by atoms with Gasteiger partial charge in [0.05, 0.1) is 30.8 Å². The predicted octanol–water partition coefficient (Wildman–Crippen LogP) is 5.73. The average Bonchev–Trinajstić information content (AvgIpc) is 3.19. The smallest absolute Gasteiger partial charge is 0.239 e. The number of fused-ring (bicyclic) bond motifs is 1. The van der Waals surface area contributed by atoms with Gasteiger partial charge in [-0.2, -0.15) is 0 Å². The van der Waals surface area contributed by atoms with Crippen LogP contribution in [0.25, 0.3) is 11.0 Å². The molecule has 0 aliphatic carbocycles. The number of nitrogens with zero attached hydrogens (tertiary/aromatic N) is 4. The number of aromatic nitrogens is 3. The summed E-state index contributed by atoms with van der Waals surface area (Å²) < 4.78 is 13.4. The highest BCUT2D eigenvalue weighted by atomic mass is 35.5. The number of ether oxygens (including phenoxy) is 2. The Morgan fingerprint density at radius 2 is 1.85 bits per heavy atom. The summed E-state index contributed by atoms with van der Waals surface area (Å²) in [6.07, 6.45) is 1.61. The van der Waals surface area contributed by atoms with Crippen LogP contribution < -0.4 is 15.4 Å². The molecule has 3 heterocycles. The molecule has 1 aliphatic rings. The number of morpholine rings is 1. The van der Waals surface area contributed by atoms with Gasteiger partial charge in [-0.05, 0) is 47.4 Å². The molecule has 9 nitrogen and oxygen atoms in total. The van der Waals surface area contributed by atoms with Crippen LogP contribution in [0.5, 0.6) is 11.5 Å². The monoisotopic (exact) mass is 548 g/mol. The number of benzene rings is 2. The largest absolute Gasteiger partial charge is 0.457 e. The summed E-state index contributed by atoms with van der Waals surface area (Å²) in [5.41, 5.74) is 3.65. The van der Waals surface area contributed by atoms with Crippen molar-refractivity contribution in [1.82, 2.24) is 19.4 Å². The van der Waals surface area contributed by atoms with Crippen molar-refractivity contribution in [1.29, 1.82) is 0 Å². The zero-order valence-corrected chi connectivity index (χ0v) is 23.4. The maximum Gasteiger partial charge on any atom is 0.239 e. The highest BCUT2D eigenvalue weighted by Gasteiger charge is 2.19. The van der Waals surface area contributed by atoms with E-state index in [1.54, 1.807) is 18.3 Å². The Balaban J connectivity index is 1.29. The van der Waals surface area contributed by atoms with Gasteiger partial charge in [-0.25, -0.2) is 9.97 Å². The standard InChI is InChI=1S/C29H33ClN6O3/c1-29(2,3)22-15-19(5-7-23(22)30)32-28-33-24-16-20(6-8-25(24)35(28)4)39-21-9-10-31-26(17-21)34-27(37)18-36-11-13-38-14-12-36/h5-10,15-17H,11-14,18H2,1-4H3,(H,32,33)(H,31,34,37). The van der Waals surface area contributed by atoms with Crippen molar-refractivity contribution in [2.45, 2.75) is 26.2 Å². The van der Waals surface area contributed by atoms with Gasteiger partial charge in [-0.1, -0.05) is 32.4 Å². The zero-order valence-electron chi connectivity index (χ0n) is 22.6. The van der Waals surface area contributed by atoms with Gasteiger partial charge in [-0.15, -0.1) is 0 Å². The number of nitrogens with one attached hydrogen (secondary N) is 2. The molecular formula is C29H33ClN6O3. The lowest BCUT2D eigenvalue weighted by molar-refractivity contribution is -0.118. The average molecular weight is 549 g/mol. The summed E-state index contributed by atoms with van der Waals surface area (Å²) >= 11 is 6.44. The number of rotatable bonds is 7. The molecule has 1 saturated heterocycles. The lowest BCUT2D eigenvalue weighted by atomic mass is 9.87. The first-order chi connectivity index (χ1) is 18.7. The van der Waals surface area contributed by atoms with E-state index in [9.17, 15) is 4.79 Å². The molecule has 204 valence electrons. The number of hydrogen-bond acceptors (Lipinski definition) is 7. The Labute approximate surface area is 233 Å². The van der Waals surface area contributed by atoms with E-state index in [1.165, 1.54) is 0 Å². The fraction of sp³-hybridized carbons (Fsp3) is 0.345. The molecule has 0 saturated carbocycles. The van der Waals surface area contributed by atoms with Gasteiger partial charge in [0.15, 0.2) is 0 Å². The topological polar surface area (TPSA) is 93.5 Å². The SMILES string of the molecule is Cn1c(Nc2ccc(Cl)c(C(C)(C)C)c2)nc2cc(Oc3ccnc(NC(=O)CN4CCOCC4)c3)ccc21. The van der Waals surface area contributed by atoms with E-state index < -0.39 is 0 Å². The van der Waals surface area contributed by atoms with Crippen LogP contribution in [0, 0.1) is 0 Å². The number of amides is 1. The first kappa shape index (κ1) is 26.9. The summed E-state index contributed by atoms with van der Waals surface area (Å²) in [4.78, 5) is 23.6.